The lowest BCUT2D eigenvalue weighted by molar-refractivity contribution is -0.394. The molecule has 24 heavy (non-hydrogen) atoms. The van der Waals surface area contributed by atoms with Gasteiger partial charge in [-0.25, -0.2) is 0 Å². The molecule has 0 heterocycles. The molecule has 1 N–H and O–H groups in total. The maximum atomic E-state index is 11.4. The zero-order valence-corrected chi connectivity index (χ0v) is 13.2. The molecule has 0 spiro atoms. The van der Waals surface area contributed by atoms with Crippen LogP contribution in [-0.2, 0) is 16.5 Å². The van der Waals surface area contributed by atoms with E-state index in [1.165, 1.54) is 24.3 Å². The van der Waals surface area contributed by atoms with Crippen molar-refractivity contribution in [2.75, 3.05) is 0 Å². The number of nitro benzene ring substituents is 2. The smallest absolute Gasteiger partial charge is 0.282 e. The van der Waals surface area contributed by atoms with Crippen LogP contribution in [-0.4, -0.2) is 22.8 Å². The molecule has 2 rings (SSSR count). The molecule has 0 bridgehead atoms. The summed E-state index contributed by atoms with van der Waals surface area (Å²) in [5.74, 6) is 0. The summed E-state index contributed by atoms with van der Waals surface area (Å²) in [4.78, 5) is 20.0. The van der Waals surface area contributed by atoms with E-state index < -0.39 is 31.3 Å². The Bertz CT molecular complexity index is 938. The van der Waals surface area contributed by atoms with E-state index in [-0.39, 0.29) is 22.4 Å². The minimum atomic E-state index is -4.50. The van der Waals surface area contributed by atoms with Crippen LogP contribution in [0.4, 0.5) is 11.4 Å². The second-order valence-corrected chi connectivity index (χ2v) is 6.48. The minimum absolute atomic E-state index is 0.0982. The largest absolute Gasteiger partial charge is 0.294 e. The normalized spacial score (nSPS) is 11.2. The lowest BCUT2D eigenvalue weighted by Crippen LogP contribution is -2.05. The van der Waals surface area contributed by atoms with Gasteiger partial charge >= 0.3 is 0 Å². The number of aryl methyl sites for hydroxylation is 1. The Morgan fingerprint density at radius 1 is 1.00 bits per heavy atom. The van der Waals surface area contributed by atoms with Crippen LogP contribution in [0.1, 0.15) is 16.7 Å². The molecule has 0 unspecified atom stereocenters. The van der Waals surface area contributed by atoms with Gasteiger partial charge in [0.1, 0.15) is 0 Å². The number of non-ortho nitro benzene ring substituents is 1. The van der Waals surface area contributed by atoms with E-state index in [0.717, 1.165) is 12.1 Å². The summed E-state index contributed by atoms with van der Waals surface area (Å²) in [5.41, 5.74) is 0.0224. The molecule has 0 atom stereocenters. The Kier molecular flexibility index (Phi) is 4.62. The van der Waals surface area contributed by atoms with Gasteiger partial charge in [0.15, 0.2) is 0 Å². The van der Waals surface area contributed by atoms with Crippen molar-refractivity contribution in [2.45, 2.75) is 18.2 Å². The summed E-state index contributed by atoms with van der Waals surface area (Å²) < 4.78 is 32.2. The molecule has 0 saturated heterocycles. The lowest BCUT2D eigenvalue weighted by Gasteiger charge is -2.09. The molecule has 2 aromatic carbocycles. The summed E-state index contributed by atoms with van der Waals surface area (Å²) in [5, 5.41) is 21.9. The number of hydrogen-bond donors (Lipinski definition) is 1. The van der Waals surface area contributed by atoms with E-state index in [2.05, 4.69) is 0 Å². The maximum Gasteiger partial charge on any atom is 0.294 e. The molecule has 9 nitrogen and oxygen atoms in total. The molecule has 0 aromatic heterocycles. The van der Waals surface area contributed by atoms with Crippen LogP contribution in [0.5, 0.6) is 0 Å². The third-order valence-corrected chi connectivity index (χ3v) is 4.31. The Balaban J connectivity index is 2.58. The first kappa shape index (κ1) is 17.5. The van der Waals surface area contributed by atoms with E-state index in [1.54, 1.807) is 6.92 Å². The van der Waals surface area contributed by atoms with E-state index in [1.807, 2.05) is 0 Å². The third-order valence-electron chi connectivity index (χ3n) is 3.35. The van der Waals surface area contributed by atoms with E-state index >= 15 is 0 Å². The predicted octanol–water partition coefficient (Wildman–Crippen LogP) is 2.65. The molecule has 0 aliphatic carbocycles. The first-order valence-corrected chi connectivity index (χ1v) is 8.02. The molecule has 0 aliphatic rings. The molecular formula is C14H12N2O7S. The summed E-state index contributed by atoms with van der Waals surface area (Å²) in [6.07, 6.45) is -0.175. The highest BCUT2D eigenvalue weighted by Gasteiger charge is 2.22. The van der Waals surface area contributed by atoms with E-state index in [4.69, 9.17) is 0 Å². The van der Waals surface area contributed by atoms with Crippen molar-refractivity contribution in [1.82, 2.24) is 0 Å². The zero-order chi connectivity index (χ0) is 18.1. The molecule has 0 aliphatic heterocycles. The fourth-order valence-corrected chi connectivity index (χ4v) is 2.99. The molecular weight excluding hydrogens is 340 g/mol. The highest BCUT2D eigenvalue weighted by Crippen LogP contribution is 2.29. The molecule has 0 saturated carbocycles. The van der Waals surface area contributed by atoms with Gasteiger partial charge in [-0.3, -0.25) is 24.8 Å². The Morgan fingerprint density at radius 2 is 1.67 bits per heavy atom. The number of hydrogen-bond acceptors (Lipinski definition) is 6. The average Bonchev–Trinajstić information content (AvgIpc) is 2.45. The number of rotatable bonds is 5. The van der Waals surface area contributed by atoms with Crippen molar-refractivity contribution < 1.29 is 22.8 Å². The second kappa shape index (κ2) is 6.34. The SMILES string of the molecule is Cc1ccc(S(=O)(=O)O)c(Cc2ccc([N+](=O)[O-])cc2[N+](=O)[O-])c1. The zero-order valence-electron chi connectivity index (χ0n) is 12.4. The van der Waals surface area contributed by atoms with Gasteiger partial charge < -0.3 is 0 Å². The van der Waals surface area contributed by atoms with Crippen molar-refractivity contribution in [3.8, 4) is 0 Å². The fraction of sp³-hybridized carbons (Fsp3) is 0.143. The van der Waals surface area contributed by atoms with Crippen molar-refractivity contribution >= 4 is 21.5 Å². The van der Waals surface area contributed by atoms with Gasteiger partial charge in [0, 0.05) is 18.1 Å². The Hall–Kier alpha value is -2.85. The van der Waals surface area contributed by atoms with E-state index in [0.29, 0.717) is 5.56 Å². The predicted molar refractivity (Wildman–Crippen MR) is 83.6 cm³/mol. The molecule has 126 valence electrons. The Morgan fingerprint density at radius 3 is 2.21 bits per heavy atom. The van der Waals surface area contributed by atoms with Gasteiger partial charge in [-0.05, 0) is 24.6 Å². The van der Waals surface area contributed by atoms with Crippen molar-refractivity contribution in [1.29, 1.82) is 0 Å². The first-order chi connectivity index (χ1) is 11.1. The van der Waals surface area contributed by atoms with Crippen LogP contribution in [0.3, 0.4) is 0 Å². The average molecular weight is 352 g/mol. The van der Waals surface area contributed by atoms with Crippen LogP contribution in [0.15, 0.2) is 41.3 Å². The van der Waals surface area contributed by atoms with Gasteiger partial charge in [-0.15, -0.1) is 0 Å². The van der Waals surface area contributed by atoms with Crippen molar-refractivity contribution in [3.63, 3.8) is 0 Å². The molecule has 0 amide bonds. The van der Waals surface area contributed by atoms with Gasteiger partial charge in [-0.2, -0.15) is 8.42 Å². The monoisotopic (exact) mass is 352 g/mol. The minimum Gasteiger partial charge on any atom is -0.282 e. The summed E-state index contributed by atoms with van der Waals surface area (Å²) in [6, 6.07) is 7.29. The fourth-order valence-electron chi connectivity index (χ4n) is 2.29. The maximum absolute atomic E-state index is 11.4. The summed E-state index contributed by atoms with van der Waals surface area (Å²) >= 11 is 0. The first-order valence-electron chi connectivity index (χ1n) is 6.58. The highest BCUT2D eigenvalue weighted by atomic mass is 32.2. The Labute approximate surface area is 136 Å². The second-order valence-electron chi connectivity index (χ2n) is 5.09. The number of benzene rings is 2. The van der Waals surface area contributed by atoms with Gasteiger partial charge in [0.25, 0.3) is 21.5 Å². The number of nitro groups is 2. The van der Waals surface area contributed by atoms with Crippen LogP contribution in [0.25, 0.3) is 0 Å². The van der Waals surface area contributed by atoms with Crippen LogP contribution < -0.4 is 0 Å². The standard InChI is InChI=1S/C14H12N2O7S/c1-9-2-5-14(24(21,22)23)11(6-9)7-10-3-4-12(15(17)18)8-13(10)16(19)20/h2-6,8H,7H2,1H3,(H,21,22,23). The van der Waals surface area contributed by atoms with Gasteiger partial charge in [0.2, 0.25) is 0 Å². The van der Waals surface area contributed by atoms with Crippen molar-refractivity contribution in [2.24, 2.45) is 0 Å². The van der Waals surface area contributed by atoms with E-state index in [9.17, 15) is 33.2 Å². The summed E-state index contributed by atoms with van der Waals surface area (Å²) in [6.45, 7) is 1.70. The van der Waals surface area contributed by atoms with Crippen LogP contribution in [0.2, 0.25) is 0 Å². The topological polar surface area (TPSA) is 141 Å². The summed E-state index contributed by atoms with van der Waals surface area (Å²) in [7, 11) is -4.50. The van der Waals surface area contributed by atoms with Crippen LogP contribution >= 0.6 is 0 Å². The molecule has 0 fully saturated rings. The quantitative estimate of drug-likeness (QED) is 0.495. The highest BCUT2D eigenvalue weighted by molar-refractivity contribution is 7.85. The van der Waals surface area contributed by atoms with Crippen LogP contribution in [0, 0.1) is 27.2 Å². The molecule has 0 radical (unpaired) electrons. The van der Waals surface area contributed by atoms with Gasteiger partial charge in [0.05, 0.1) is 20.8 Å². The third kappa shape index (κ3) is 3.73. The number of nitrogens with zero attached hydrogens (tertiary/aromatic N) is 2. The van der Waals surface area contributed by atoms with Gasteiger partial charge in [-0.1, -0.05) is 17.7 Å². The molecule has 2 aromatic rings. The van der Waals surface area contributed by atoms with Crippen molar-refractivity contribution in [3.05, 3.63) is 73.3 Å². The molecule has 10 heteroatoms. The lowest BCUT2D eigenvalue weighted by atomic mass is 10.0.